The first-order chi connectivity index (χ1) is 8.22. The molecule has 0 unspecified atom stereocenters. The van der Waals surface area contributed by atoms with Gasteiger partial charge in [0, 0.05) is 17.9 Å². The van der Waals surface area contributed by atoms with Gasteiger partial charge in [-0.3, -0.25) is 4.79 Å². The predicted octanol–water partition coefficient (Wildman–Crippen LogP) is 4.81. The first-order valence-electron chi connectivity index (χ1n) is 6.48. The molecule has 0 fully saturated rings. The van der Waals surface area contributed by atoms with Crippen LogP contribution in [0.3, 0.4) is 0 Å². The Kier molecular flexibility index (Phi) is 6.95. The highest BCUT2D eigenvalue weighted by Gasteiger charge is 2.03. The van der Waals surface area contributed by atoms with Crippen LogP contribution in [-0.4, -0.2) is 5.78 Å². The SMILES string of the molecule is CCCCCCCC(=O)Cc1cccc(Cl)c1. The van der Waals surface area contributed by atoms with Crippen LogP contribution < -0.4 is 0 Å². The second-order valence-corrected chi connectivity index (χ2v) is 4.95. The highest BCUT2D eigenvalue weighted by Crippen LogP contribution is 2.13. The van der Waals surface area contributed by atoms with E-state index in [4.69, 9.17) is 11.6 Å². The van der Waals surface area contributed by atoms with E-state index < -0.39 is 0 Å². The van der Waals surface area contributed by atoms with Crippen LogP contribution in [0.2, 0.25) is 5.02 Å². The molecule has 0 atom stereocenters. The smallest absolute Gasteiger partial charge is 0.137 e. The average Bonchev–Trinajstić information content (AvgIpc) is 2.29. The van der Waals surface area contributed by atoms with Gasteiger partial charge < -0.3 is 0 Å². The van der Waals surface area contributed by atoms with Crippen LogP contribution in [0.25, 0.3) is 0 Å². The molecule has 1 aromatic carbocycles. The molecule has 0 amide bonds. The summed E-state index contributed by atoms with van der Waals surface area (Å²) < 4.78 is 0. The average molecular weight is 253 g/mol. The molecule has 0 heterocycles. The number of hydrogen-bond acceptors (Lipinski definition) is 1. The maximum atomic E-state index is 11.7. The molecule has 0 spiro atoms. The number of benzene rings is 1. The molecule has 0 aliphatic rings. The summed E-state index contributed by atoms with van der Waals surface area (Å²) >= 11 is 5.88. The minimum absolute atomic E-state index is 0.323. The Morgan fingerprint density at radius 1 is 1.18 bits per heavy atom. The van der Waals surface area contributed by atoms with Crippen LogP contribution in [0.15, 0.2) is 24.3 Å². The highest BCUT2D eigenvalue weighted by molar-refractivity contribution is 6.30. The highest BCUT2D eigenvalue weighted by atomic mass is 35.5. The molecule has 94 valence electrons. The van der Waals surface area contributed by atoms with Crippen LogP contribution in [0.5, 0.6) is 0 Å². The van der Waals surface area contributed by atoms with Gasteiger partial charge in [-0.2, -0.15) is 0 Å². The van der Waals surface area contributed by atoms with Crippen molar-refractivity contribution >= 4 is 17.4 Å². The Hall–Kier alpha value is -0.820. The zero-order chi connectivity index (χ0) is 12.5. The fourth-order valence-corrected chi connectivity index (χ4v) is 2.10. The van der Waals surface area contributed by atoms with Crippen LogP contribution >= 0.6 is 11.6 Å². The fraction of sp³-hybridized carbons (Fsp3) is 0.533. The number of carbonyl (C=O) groups excluding carboxylic acids is 1. The normalized spacial score (nSPS) is 10.5. The van der Waals surface area contributed by atoms with E-state index in [1.165, 1.54) is 25.7 Å². The number of hydrogen-bond donors (Lipinski definition) is 0. The van der Waals surface area contributed by atoms with E-state index in [0.29, 0.717) is 23.6 Å². The molecular formula is C15H21ClO. The zero-order valence-corrected chi connectivity index (χ0v) is 11.3. The van der Waals surface area contributed by atoms with E-state index in [1.54, 1.807) is 0 Å². The minimum atomic E-state index is 0.323. The Bertz CT molecular complexity index is 347. The molecule has 0 saturated carbocycles. The van der Waals surface area contributed by atoms with Crippen LogP contribution in [0.4, 0.5) is 0 Å². The largest absolute Gasteiger partial charge is 0.299 e. The van der Waals surface area contributed by atoms with Gasteiger partial charge in [0.15, 0.2) is 0 Å². The fourth-order valence-electron chi connectivity index (χ4n) is 1.89. The first-order valence-corrected chi connectivity index (χ1v) is 6.86. The van der Waals surface area contributed by atoms with Crippen molar-refractivity contribution in [3.63, 3.8) is 0 Å². The molecule has 1 nitrogen and oxygen atoms in total. The zero-order valence-electron chi connectivity index (χ0n) is 10.5. The molecule has 2 heteroatoms. The van der Waals surface area contributed by atoms with Gasteiger partial charge in [0.2, 0.25) is 0 Å². The van der Waals surface area contributed by atoms with Crippen molar-refractivity contribution in [1.82, 2.24) is 0 Å². The molecular weight excluding hydrogens is 232 g/mol. The molecule has 0 aliphatic heterocycles. The van der Waals surface area contributed by atoms with Gasteiger partial charge in [0.25, 0.3) is 0 Å². The van der Waals surface area contributed by atoms with Crippen molar-refractivity contribution in [3.8, 4) is 0 Å². The number of Topliss-reactive ketones (excluding diaryl/α,β-unsaturated/α-hetero) is 1. The number of rotatable bonds is 8. The standard InChI is InChI=1S/C15H21ClO/c1-2-3-4-5-6-10-15(17)12-13-8-7-9-14(16)11-13/h7-9,11H,2-6,10,12H2,1H3. The summed E-state index contributed by atoms with van der Waals surface area (Å²) in [4.78, 5) is 11.7. The summed E-state index contributed by atoms with van der Waals surface area (Å²) in [5.74, 6) is 0.323. The van der Waals surface area contributed by atoms with E-state index in [9.17, 15) is 4.79 Å². The number of carbonyl (C=O) groups is 1. The number of unbranched alkanes of at least 4 members (excludes halogenated alkanes) is 4. The third-order valence-electron chi connectivity index (χ3n) is 2.85. The van der Waals surface area contributed by atoms with Crippen LogP contribution in [0, 0.1) is 0 Å². The van der Waals surface area contributed by atoms with Crippen LogP contribution in [0.1, 0.15) is 51.0 Å². The Morgan fingerprint density at radius 3 is 2.65 bits per heavy atom. The maximum absolute atomic E-state index is 11.7. The second kappa shape index (κ2) is 8.30. The van der Waals surface area contributed by atoms with Gasteiger partial charge in [0.1, 0.15) is 5.78 Å². The van der Waals surface area contributed by atoms with Crippen molar-refractivity contribution in [2.45, 2.75) is 51.9 Å². The minimum Gasteiger partial charge on any atom is -0.299 e. The molecule has 0 N–H and O–H groups in total. The quantitative estimate of drug-likeness (QED) is 0.607. The lowest BCUT2D eigenvalue weighted by Gasteiger charge is -2.02. The van der Waals surface area contributed by atoms with E-state index >= 15 is 0 Å². The Morgan fingerprint density at radius 2 is 1.94 bits per heavy atom. The molecule has 0 bridgehead atoms. The van der Waals surface area contributed by atoms with Gasteiger partial charge in [-0.25, -0.2) is 0 Å². The van der Waals surface area contributed by atoms with Gasteiger partial charge >= 0.3 is 0 Å². The molecule has 17 heavy (non-hydrogen) atoms. The molecule has 1 aromatic rings. The Balaban J connectivity index is 2.21. The summed E-state index contributed by atoms with van der Waals surface area (Å²) in [5.41, 5.74) is 1.02. The molecule has 0 radical (unpaired) electrons. The third-order valence-corrected chi connectivity index (χ3v) is 3.08. The summed E-state index contributed by atoms with van der Waals surface area (Å²) in [6.07, 6.45) is 7.21. The van der Waals surface area contributed by atoms with Gasteiger partial charge in [-0.15, -0.1) is 0 Å². The van der Waals surface area contributed by atoms with Gasteiger partial charge in [0.05, 0.1) is 0 Å². The van der Waals surface area contributed by atoms with E-state index in [-0.39, 0.29) is 0 Å². The van der Waals surface area contributed by atoms with E-state index in [1.807, 2.05) is 24.3 Å². The van der Waals surface area contributed by atoms with Gasteiger partial charge in [-0.05, 0) is 24.1 Å². The lowest BCUT2D eigenvalue weighted by molar-refractivity contribution is -0.118. The van der Waals surface area contributed by atoms with Crippen molar-refractivity contribution in [2.75, 3.05) is 0 Å². The third kappa shape index (κ3) is 6.48. The molecule has 0 aromatic heterocycles. The van der Waals surface area contributed by atoms with Gasteiger partial charge in [-0.1, -0.05) is 56.3 Å². The number of halogens is 1. The van der Waals surface area contributed by atoms with E-state index in [2.05, 4.69) is 6.92 Å². The van der Waals surface area contributed by atoms with Crippen molar-refractivity contribution < 1.29 is 4.79 Å². The first kappa shape index (κ1) is 14.2. The van der Waals surface area contributed by atoms with Crippen molar-refractivity contribution in [1.29, 1.82) is 0 Å². The molecule has 1 rings (SSSR count). The molecule has 0 saturated heterocycles. The lowest BCUT2D eigenvalue weighted by atomic mass is 10.0. The maximum Gasteiger partial charge on any atom is 0.137 e. The lowest BCUT2D eigenvalue weighted by Crippen LogP contribution is -2.02. The molecule has 0 aliphatic carbocycles. The Labute approximate surface area is 109 Å². The summed E-state index contributed by atoms with van der Waals surface area (Å²) in [6.45, 7) is 2.20. The predicted molar refractivity (Wildman–Crippen MR) is 73.5 cm³/mol. The van der Waals surface area contributed by atoms with Crippen LogP contribution in [-0.2, 0) is 11.2 Å². The second-order valence-electron chi connectivity index (χ2n) is 4.51. The summed E-state index contributed by atoms with van der Waals surface area (Å²) in [5, 5.41) is 0.707. The van der Waals surface area contributed by atoms with Crippen molar-refractivity contribution in [2.24, 2.45) is 0 Å². The van der Waals surface area contributed by atoms with E-state index in [0.717, 1.165) is 12.0 Å². The topological polar surface area (TPSA) is 17.1 Å². The summed E-state index contributed by atoms with van der Waals surface area (Å²) in [7, 11) is 0. The summed E-state index contributed by atoms with van der Waals surface area (Å²) in [6, 6.07) is 7.56. The number of ketones is 1. The monoisotopic (exact) mass is 252 g/mol. The van der Waals surface area contributed by atoms with Crippen molar-refractivity contribution in [3.05, 3.63) is 34.9 Å².